The molecule has 1 fully saturated rings. The van der Waals surface area contributed by atoms with E-state index in [0.29, 0.717) is 6.04 Å². The van der Waals surface area contributed by atoms with Gasteiger partial charge in [-0.1, -0.05) is 37.5 Å². The SMILES string of the molecule is Cc1cccc(C)c1CN[C@H](C)C1CCCCC1. The molecule has 1 atom stereocenters. The van der Waals surface area contributed by atoms with Gasteiger partial charge < -0.3 is 5.32 Å². The molecule has 0 bridgehead atoms. The molecule has 2 rings (SSSR count). The Balaban J connectivity index is 1.90. The van der Waals surface area contributed by atoms with Crippen molar-refractivity contribution in [1.29, 1.82) is 0 Å². The molecule has 1 saturated carbocycles. The van der Waals surface area contributed by atoms with Crippen LogP contribution >= 0.6 is 0 Å². The Morgan fingerprint density at radius 1 is 1.11 bits per heavy atom. The van der Waals surface area contributed by atoms with E-state index in [9.17, 15) is 0 Å². The predicted molar refractivity (Wildman–Crippen MR) is 78.8 cm³/mol. The first-order valence-corrected chi connectivity index (χ1v) is 7.47. The molecule has 0 radical (unpaired) electrons. The van der Waals surface area contributed by atoms with Gasteiger partial charge in [0.25, 0.3) is 0 Å². The van der Waals surface area contributed by atoms with Crippen LogP contribution in [0.4, 0.5) is 0 Å². The smallest absolute Gasteiger partial charge is 0.0213 e. The van der Waals surface area contributed by atoms with Crippen LogP contribution in [0.5, 0.6) is 0 Å². The van der Waals surface area contributed by atoms with Crippen LogP contribution in [0.2, 0.25) is 0 Å². The van der Waals surface area contributed by atoms with Gasteiger partial charge in [0.15, 0.2) is 0 Å². The highest BCUT2D eigenvalue weighted by atomic mass is 14.9. The molecular formula is C17H27N. The molecule has 100 valence electrons. The van der Waals surface area contributed by atoms with Crippen molar-refractivity contribution in [3.63, 3.8) is 0 Å². The fraction of sp³-hybridized carbons (Fsp3) is 0.647. The number of benzene rings is 1. The van der Waals surface area contributed by atoms with Crippen LogP contribution in [-0.4, -0.2) is 6.04 Å². The zero-order chi connectivity index (χ0) is 13.0. The Morgan fingerprint density at radius 2 is 1.72 bits per heavy atom. The van der Waals surface area contributed by atoms with Crippen molar-refractivity contribution in [3.05, 3.63) is 34.9 Å². The second-order valence-corrected chi connectivity index (χ2v) is 5.94. The molecule has 0 heterocycles. The Kier molecular flexibility index (Phi) is 4.82. The van der Waals surface area contributed by atoms with Gasteiger partial charge in [-0.2, -0.15) is 0 Å². The summed E-state index contributed by atoms with van der Waals surface area (Å²) >= 11 is 0. The minimum absolute atomic E-state index is 0.657. The highest BCUT2D eigenvalue weighted by Gasteiger charge is 2.19. The van der Waals surface area contributed by atoms with Gasteiger partial charge in [0.2, 0.25) is 0 Å². The van der Waals surface area contributed by atoms with Crippen molar-refractivity contribution < 1.29 is 0 Å². The Bertz CT molecular complexity index is 357. The van der Waals surface area contributed by atoms with Gasteiger partial charge in [-0.25, -0.2) is 0 Å². The summed E-state index contributed by atoms with van der Waals surface area (Å²) in [6.45, 7) is 7.82. The van der Waals surface area contributed by atoms with Crippen LogP contribution in [0.15, 0.2) is 18.2 Å². The Hall–Kier alpha value is -0.820. The quantitative estimate of drug-likeness (QED) is 0.831. The van der Waals surface area contributed by atoms with E-state index in [1.54, 1.807) is 0 Å². The molecule has 1 nitrogen and oxygen atoms in total. The molecule has 0 spiro atoms. The van der Waals surface area contributed by atoms with Crippen LogP contribution in [0, 0.1) is 19.8 Å². The zero-order valence-electron chi connectivity index (χ0n) is 12.1. The fourth-order valence-corrected chi connectivity index (χ4v) is 3.19. The van der Waals surface area contributed by atoms with E-state index in [4.69, 9.17) is 0 Å². The molecule has 1 aromatic rings. The number of aryl methyl sites for hydroxylation is 2. The lowest BCUT2D eigenvalue weighted by Crippen LogP contribution is -2.34. The minimum Gasteiger partial charge on any atom is -0.310 e. The van der Waals surface area contributed by atoms with Gasteiger partial charge in [0, 0.05) is 12.6 Å². The third-order valence-corrected chi connectivity index (χ3v) is 4.60. The first kappa shape index (κ1) is 13.6. The maximum Gasteiger partial charge on any atom is 0.0213 e. The summed E-state index contributed by atoms with van der Waals surface area (Å²) in [4.78, 5) is 0. The predicted octanol–water partition coefficient (Wildman–Crippen LogP) is 4.36. The van der Waals surface area contributed by atoms with E-state index in [1.165, 1.54) is 48.8 Å². The van der Waals surface area contributed by atoms with Crippen LogP contribution in [0.1, 0.15) is 55.7 Å². The lowest BCUT2D eigenvalue weighted by Gasteiger charge is -2.28. The van der Waals surface area contributed by atoms with Gasteiger partial charge >= 0.3 is 0 Å². The molecule has 1 aromatic carbocycles. The van der Waals surface area contributed by atoms with Crippen molar-refractivity contribution >= 4 is 0 Å². The number of hydrogen-bond donors (Lipinski definition) is 1. The Labute approximate surface area is 112 Å². The zero-order valence-corrected chi connectivity index (χ0v) is 12.1. The van der Waals surface area contributed by atoms with Crippen LogP contribution in [0.3, 0.4) is 0 Å². The van der Waals surface area contributed by atoms with Crippen molar-refractivity contribution in [2.24, 2.45) is 5.92 Å². The molecule has 18 heavy (non-hydrogen) atoms. The first-order chi connectivity index (χ1) is 8.68. The van der Waals surface area contributed by atoms with Crippen molar-refractivity contribution in [2.75, 3.05) is 0 Å². The van der Waals surface area contributed by atoms with Crippen LogP contribution in [0.25, 0.3) is 0 Å². The minimum atomic E-state index is 0.657. The molecule has 0 amide bonds. The standard InChI is InChI=1S/C17H27N/c1-13-8-7-9-14(2)17(13)12-18-15(3)16-10-5-4-6-11-16/h7-9,15-16,18H,4-6,10-12H2,1-3H3/t15-/m1/s1. The molecule has 1 aliphatic carbocycles. The maximum atomic E-state index is 3.75. The second kappa shape index (κ2) is 6.38. The lowest BCUT2D eigenvalue weighted by molar-refractivity contribution is 0.280. The van der Waals surface area contributed by atoms with E-state index >= 15 is 0 Å². The average Bonchev–Trinajstić information content (AvgIpc) is 2.39. The van der Waals surface area contributed by atoms with E-state index in [1.807, 2.05) is 0 Å². The highest BCUT2D eigenvalue weighted by Crippen LogP contribution is 2.26. The summed E-state index contributed by atoms with van der Waals surface area (Å²) in [6.07, 6.45) is 7.14. The fourth-order valence-electron chi connectivity index (χ4n) is 3.19. The number of rotatable bonds is 4. The van der Waals surface area contributed by atoms with Crippen LogP contribution in [-0.2, 0) is 6.54 Å². The van der Waals surface area contributed by atoms with E-state index in [0.717, 1.165) is 12.5 Å². The van der Waals surface area contributed by atoms with Gasteiger partial charge in [0.05, 0.1) is 0 Å². The van der Waals surface area contributed by atoms with Crippen molar-refractivity contribution in [2.45, 2.75) is 65.5 Å². The summed E-state index contributed by atoms with van der Waals surface area (Å²) in [5.41, 5.74) is 4.32. The topological polar surface area (TPSA) is 12.0 Å². The normalized spacial score (nSPS) is 18.8. The van der Waals surface area contributed by atoms with Gasteiger partial charge in [-0.05, 0) is 56.2 Å². The number of hydrogen-bond acceptors (Lipinski definition) is 1. The number of nitrogens with one attached hydrogen (secondary N) is 1. The van der Waals surface area contributed by atoms with Crippen molar-refractivity contribution in [1.82, 2.24) is 5.32 Å². The molecule has 0 aromatic heterocycles. The third-order valence-electron chi connectivity index (χ3n) is 4.60. The molecule has 1 heteroatoms. The van der Waals surface area contributed by atoms with Gasteiger partial charge in [0.1, 0.15) is 0 Å². The molecule has 1 N–H and O–H groups in total. The third kappa shape index (κ3) is 3.35. The summed E-state index contributed by atoms with van der Waals surface area (Å²) in [7, 11) is 0. The lowest BCUT2D eigenvalue weighted by atomic mass is 9.84. The second-order valence-electron chi connectivity index (χ2n) is 5.94. The van der Waals surface area contributed by atoms with Gasteiger partial charge in [-0.3, -0.25) is 0 Å². The van der Waals surface area contributed by atoms with Gasteiger partial charge in [-0.15, -0.1) is 0 Å². The molecule has 0 unspecified atom stereocenters. The van der Waals surface area contributed by atoms with Crippen molar-refractivity contribution in [3.8, 4) is 0 Å². The van der Waals surface area contributed by atoms with Crippen LogP contribution < -0.4 is 5.32 Å². The molecule has 1 aliphatic rings. The molecule has 0 saturated heterocycles. The maximum absolute atomic E-state index is 3.75. The first-order valence-electron chi connectivity index (χ1n) is 7.47. The molecule has 0 aliphatic heterocycles. The summed E-state index contributed by atoms with van der Waals surface area (Å²) in [6, 6.07) is 7.24. The largest absolute Gasteiger partial charge is 0.310 e. The monoisotopic (exact) mass is 245 g/mol. The van der Waals surface area contributed by atoms with E-state index in [2.05, 4.69) is 44.3 Å². The Morgan fingerprint density at radius 3 is 2.33 bits per heavy atom. The van der Waals surface area contributed by atoms with E-state index < -0.39 is 0 Å². The van der Waals surface area contributed by atoms with E-state index in [-0.39, 0.29) is 0 Å². The molecular weight excluding hydrogens is 218 g/mol. The summed E-state index contributed by atoms with van der Waals surface area (Å²) in [5, 5.41) is 3.75. The summed E-state index contributed by atoms with van der Waals surface area (Å²) in [5.74, 6) is 0.892. The highest BCUT2D eigenvalue weighted by molar-refractivity contribution is 5.33. The average molecular weight is 245 g/mol. The summed E-state index contributed by atoms with van der Waals surface area (Å²) < 4.78 is 0.